The number of aromatic hydroxyl groups is 1. The lowest BCUT2D eigenvalue weighted by atomic mass is 9.96. The summed E-state index contributed by atoms with van der Waals surface area (Å²) in [4.78, 5) is 14.2. The van der Waals surface area contributed by atoms with Crippen molar-refractivity contribution in [3.63, 3.8) is 0 Å². The normalized spacial score (nSPS) is 19.8. The molecule has 1 aromatic rings. The summed E-state index contributed by atoms with van der Waals surface area (Å²) in [7, 11) is 0. The molecule has 19 heavy (non-hydrogen) atoms. The largest absolute Gasteiger partial charge is 0.507 e. The van der Waals surface area contributed by atoms with Gasteiger partial charge in [-0.25, -0.2) is 0 Å². The van der Waals surface area contributed by atoms with E-state index in [0.717, 1.165) is 18.4 Å². The van der Waals surface area contributed by atoms with Crippen molar-refractivity contribution in [3.8, 4) is 5.75 Å². The Bertz CT molecular complexity index is 491. The molecular weight excluding hydrogens is 242 g/mol. The van der Waals surface area contributed by atoms with Crippen LogP contribution in [0, 0.1) is 6.92 Å². The lowest BCUT2D eigenvalue weighted by Gasteiger charge is -2.34. The minimum atomic E-state index is -0.925. The summed E-state index contributed by atoms with van der Waals surface area (Å²) in [6, 6.07) is 4.80. The molecule has 1 aliphatic heterocycles. The Balaban J connectivity index is 2.31. The van der Waals surface area contributed by atoms with Gasteiger partial charge in [0.15, 0.2) is 0 Å². The molecule has 1 aromatic carbocycles. The maximum atomic E-state index is 12.5. The van der Waals surface area contributed by atoms with E-state index in [4.69, 9.17) is 0 Å². The van der Waals surface area contributed by atoms with Crippen LogP contribution in [0.15, 0.2) is 18.2 Å². The van der Waals surface area contributed by atoms with Gasteiger partial charge in [-0.2, -0.15) is 0 Å². The first-order valence-corrected chi connectivity index (χ1v) is 6.63. The standard InChI is InChI=1S/C15H21NO3/c1-10-6-7-12(17)11(9-10)14(18)16-8-4-5-13(16)15(2,3)19/h6-7,9,13,17,19H,4-5,8H2,1-3H3/t13-/m0/s1. The van der Waals surface area contributed by atoms with E-state index in [9.17, 15) is 15.0 Å². The van der Waals surface area contributed by atoms with Gasteiger partial charge in [-0.1, -0.05) is 11.6 Å². The fourth-order valence-corrected chi connectivity index (χ4v) is 2.72. The van der Waals surface area contributed by atoms with Crippen molar-refractivity contribution in [1.29, 1.82) is 0 Å². The number of benzene rings is 1. The highest BCUT2D eigenvalue weighted by molar-refractivity contribution is 5.97. The van der Waals surface area contributed by atoms with Gasteiger partial charge >= 0.3 is 0 Å². The van der Waals surface area contributed by atoms with Crippen LogP contribution in [-0.4, -0.2) is 39.2 Å². The van der Waals surface area contributed by atoms with Crippen LogP contribution >= 0.6 is 0 Å². The molecule has 1 amide bonds. The molecule has 0 bridgehead atoms. The summed E-state index contributed by atoms with van der Waals surface area (Å²) < 4.78 is 0. The summed E-state index contributed by atoms with van der Waals surface area (Å²) >= 11 is 0. The van der Waals surface area contributed by atoms with E-state index in [1.54, 1.807) is 30.9 Å². The zero-order valence-corrected chi connectivity index (χ0v) is 11.7. The smallest absolute Gasteiger partial charge is 0.257 e. The molecule has 1 atom stereocenters. The summed E-state index contributed by atoms with van der Waals surface area (Å²) in [6.07, 6.45) is 1.68. The number of likely N-dealkylation sites (tertiary alicyclic amines) is 1. The van der Waals surface area contributed by atoms with Gasteiger partial charge in [-0.05, 0) is 45.7 Å². The highest BCUT2D eigenvalue weighted by Gasteiger charge is 2.39. The van der Waals surface area contributed by atoms with Crippen LogP contribution < -0.4 is 0 Å². The summed E-state index contributed by atoms with van der Waals surface area (Å²) in [5, 5.41) is 20.0. The number of aliphatic hydroxyl groups is 1. The van der Waals surface area contributed by atoms with Gasteiger partial charge in [0.25, 0.3) is 5.91 Å². The zero-order chi connectivity index (χ0) is 14.2. The second kappa shape index (κ2) is 4.85. The average molecular weight is 263 g/mol. The van der Waals surface area contributed by atoms with Crippen LogP contribution in [0.5, 0.6) is 5.75 Å². The molecule has 2 N–H and O–H groups in total. The van der Waals surface area contributed by atoms with Gasteiger partial charge in [0.1, 0.15) is 5.75 Å². The van der Waals surface area contributed by atoms with Gasteiger partial charge in [0.05, 0.1) is 17.2 Å². The lowest BCUT2D eigenvalue weighted by molar-refractivity contribution is 0.000222. The molecule has 0 aromatic heterocycles. The van der Waals surface area contributed by atoms with Crippen LogP contribution in [0.1, 0.15) is 42.6 Å². The van der Waals surface area contributed by atoms with Gasteiger partial charge in [0.2, 0.25) is 0 Å². The van der Waals surface area contributed by atoms with E-state index in [1.807, 2.05) is 6.92 Å². The van der Waals surface area contributed by atoms with Gasteiger partial charge in [-0.3, -0.25) is 4.79 Å². The maximum Gasteiger partial charge on any atom is 0.257 e. The third-order valence-corrected chi connectivity index (χ3v) is 3.71. The molecule has 1 fully saturated rings. The quantitative estimate of drug-likeness (QED) is 0.858. The lowest BCUT2D eigenvalue weighted by Crippen LogP contribution is -2.48. The third kappa shape index (κ3) is 2.73. The van der Waals surface area contributed by atoms with Crippen LogP contribution in [0.3, 0.4) is 0 Å². The van der Waals surface area contributed by atoms with Crippen molar-refractivity contribution in [1.82, 2.24) is 4.90 Å². The zero-order valence-electron chi connectivity index (χ0n) is 11.7. The molecule has 4 nitrogen and oxygen atoms in total. The number of aryl methyl sites for hydroxylation is 1. The Morgan fingerprint density at radius 2 is 2.11 bits per heavy atom. The van der Waals surface area contributed by atoms with Gasteiger partial charge in [-0.15, -0.1) is 0 Å². The molecule has 1 saturated heterocycles. The Kier molecular flexibility index (Phi) is 3.54. The van der Waals surface area contributed by atoms with E-state index in [2.05, 4.69) is 0 Å². The van der Waals surface area contributed by atoms with Crippen molar-refractivity contribution < 1.29 is 15.0 Å². The molecule has 104 valence electrons. The summed E-state index contributed by atoms with van der Waals surface area (Å²) in [5.41, 5.74) is 0.322. The Hall–Kier alpha value is -1.55. The second-order valence-corrected chi connectivity index (χ2v) is 5.83. The van der Waals surface area contributed by atoms with Gasteiger partial charge in [0, 0.05) is 6.54 Å². The topological polar surface area (TPSA) is 60.8 Å². The Morgan fingerprint density at radius 3 is 2.74 bits per heavy atom. The summed E-state index contributed by atoms with van der Waals surface area (Å²) in [6.45, 7) is 5.95. The number of phenols is 1. The molecular formula is C15H21NO3. The molecule has 0 aliphatic carbocycles. The average Bonchev–Trinajstić information content (AvgIpc) is 2.80. The predicted octanol–water partition coefficient (Wildman–Crippen LogP) is 2.08. The molecule has 1 aliphatic rings. The van der Waals surface area contributed by atoms with Gasteiger partial charge < -0.3 is 15.1 Å². The molecule has 0 saturated carbocycles. The second-order valence-electron chi connectivity index (χ2n) is 5.83. The molecule has 2 rings (SSSR count). The van der Waals surface area contributed by atoms with Crippen molar-refractivity contribution in [2.24, 2.45) is 0 Å². The fourth-order valence-electron chi connectivity index (χ4n) is 2.72. The van der Waals surface area contributed by atoms with Crippen molar-refractivity contribution in [3.05, 3.63) is 29.3 Å². The van der Waals surface area contributed by atoms with Crippen molar-refractivity contribution in [2.45, 2.75) is 45.3 Å². The Labute approximate surface area is 113 Å². The first-order valence-electron chi connectivity index (χ1n) is 6.63. The van der Waals surface area contributed by atoms with Crippen LogP contribution in [0.4, 0.5) is 0 Å². The highest BCUT2D eigenvalue weighted by Crippen LogP contribution is 2.30. The number of carbonyl (C=O) groups excluding carboxylic acids is 1. The molecule has 0 spiro atoms. The number of hydrogen-bond acceptors (Lipinski definition) is 3. The van der Waals surface area contributed by atoms with Crippen LogP contribution in [0.2, 0.25) is 0 Å². The minimum Gasteiger partial charge on any atom is -0.507 e. The van der Waals surface area contributed by atoms with Crippen LogP contribution in [-0.2, 0) is 0 Å². The van der Waals surface area contributed by atoms with E-state index in [0.29, 0.717) is 12.1 Å². The number of phenolic OH excluding ortho intramolecular Hbond substituents is 1. The molecule has 0 unspecified atom stereocenters. The summed E-state index contributed by atoms with van der Waals surface area (Å²) in [5.74, 6) is -0.206. The predicted molar refractivity (Wildman–Crippen MR) is 73.2 cm³/mol. The fraction of sp³-hybridized carbons (Fsp3) is 0.533. The SMILES string of the molecule is Cc1ccc(O)c(C(=O)N2CCC[C@H]2C(C)(C)O)c1. The number of amides is 1. The number of nitrogens with zero attached hydrogens (tertiary/aromatic N) is 1. The first kappa shape index (κ1) is 13.9. The molecule has 0 radical (unpaired) electrons. The first-order chi connectivity index (χ1) is 8.80. The van der Waals surface area contributed by atoms with E-state index in [1.165, 1.54) is 6.07 Å². The van der Waals surface area contributed by atoms with E-state index in [-0.39, 0.29) is 17.7 Å². The van der Waals surface area contributed by atoms with Crippen molar-refractivity contribution in [2.75, 3.05) is 6.54 Å². The van der Waals surface area contributed by atoms with Crippen LogP contribution in [0.25, 0.3) is 0 Å². The minimum absolute atomic E-state index is 0.00278. The van der Waals surface area contributed by atoms with E-state index < -0.39 is 5.60 Å². The molecule has 1 heterocycles. The molecule has 4 heteroatoms. The highest BCUT2D eigenvalue weighted by atomic mass is 16.3. The number of hydrogen-bond donors (Lipinski definition) is 2. The number of carbonyl (C=O) groups is 1. The maximum absolute atomic E-state index is 12.5. The van der Waals surface area contributed by atoms with Crippen molar-refractivity contribution >= 4 is 5.91 Å². The third-order valence-electron chi connectivity index (χ3n) is 3.71. The number of rotatable bonds is 2. The van der Waals surface area contributed by atoms with E-state index >= 15 is 0 Å². The monoisotopic (exact) mass is 263 g/mol. The Morgan fingerprint density at radius 1 is 1.42 bits per heavy atom.